The lowest BCUT2D eigenvalue weighted by Crippen LogP contribution is -3.12. The van der Waals surface area contributed by atoms with Gasteiger partial charge in [0.05, 0.1) is 13.1 Å². The standard InChI is InChI=1S/C14H21NO2.ClH/c1-5-15(6-2)10-13(16)17-14-11(3)8-7-9-12(14)4;/h7-9H,5-6,10H2,1-4H3;1H. The van der Waals surface area contributed by atoms with Crippen molar-refractivity contribution in [3.8, 4) is 5.75 Å². The van der Waals surface area contributed by atoms with E-state index in [-0.39, 0.29) is 18.4 Å². The SMILES string of the molecule is CC[NH+](CC)CC(=O)Oc1c(C)cccc1C.[Cl-]. The van der Waals surface area contributed by atoms with Gasteiger partial charge in [-0.3, -0.25) is 0 Å². The summed E-state index contributed by atoms with van der Waals surface area (Å²) in [6.45, 7) is 10.4. The predicted molar refractivity (Wildman–Crippen MR) is 68.5 cm³/mol. The third kappa shape index (κ3) is 4.67. The molecule has 0 aliphatic heterocycles. The van der Waals surface area contributed by atoms with Gasteiger partial charge in [0.25, 0.3) is 0 Å². The van der Waals surface area contributed by atoms with Gasteiger partial charge in [-0.2, -0.15) is 0 Å². The first-order valence-corrected chi connectivity index (χ1v) is 6.18. The maximum absolute atomic E-state index is 11.8. The summed E-state index contributed by atoms with van der Waals surface area (Å²) >= 11 is 0. The first-order chi connectivity index (χ1) is 8.08. The molecule has 4 heteroatoms. The second-order valence-electron chi connectivity index (χ2n) is 4.33. The summed E-state index contributed by atoms with van der Waals surface area (Å²) in [5.41, 5.74) is 2.01. The minimum Gasteiger partial charge on any atom is -1.00 e. The van der Waals surface area contributed by atoms with Gasteiger partial charge in [-0.05, 0) is 38.8 Å². The monoisotopic (exact) mass is 271 g/mol. The summed E-state index contributed by atoms with van der Waals surface area (Å²) in [4.78, 5) is 13.0. The molecule has 0 aromatic heterocycles. The van der Waals surface area contributed by atoms with Crippen LogP contribution >= 0.6 is 0 Å². The average molecular weight is 272 g/mol. The van der Waals surface area contributed by atoms with E-state index < -0.39 is 0 Å². The van der Waals surface area contributed by atoms with Crippen LogP contribution in [0.25, 0.3) is 0 Å². The maximum atomic E-state index is 11.8. The van der Waals surface area contributed by atoms with Crippen LogP contribution in [0.5, 0.6) is 5.75 Å². The van der Waals surface area contributed by atoms with Crippen LogP contribution in [0.4, 0.5) is 0 Å². The van der Waals surface area contributed by atoms with E-state index in [4.69, 9.17) is 4.74 Å². The Bertz CT molecular complexity index is 369. The zero-order chi connectivity index (χ0) is 12.8. The van der Waals surface area contributed by atoms with Crippen molar-refractivity contribution in [1.29, 1.82) is 0 Å². The Kier molecular flexibility index (Phi) is 7.64. The van der Waals surface area contributed by atoms with Crippen molar-refractivity contribution in [2.24, 2.45) is 0 Å². The summed E-state index contributed by atoms with van der Waals surface area (Å²) in [6.07, 6.45) is 0. The summed E-state index contributed by atoms with van der Waals surface area (Å²) < 4.78 is 5.45. The smallest absolute Gasteiger partial charge is 0.367 e. The molecule has 0 radical (unpaired) electrons. The normalized spacial score (nSPS) is 10.1. The number of hydrogen-bond acceptors (Lipinski definition) is 2. The van der Waals surface area contributed by atoms with E-state index in [9.17, 15) is 4.79 Å². The number of likely N-dealkylation sites (N-methyl/N-ethyl adjacent to an activating group) is 1. The molecule has 3 nitrogen and oxygen atoms in total. The number of aryl methyl sites for hydroxylation is 2. The van der Waals surface area contributed by atoms with Gasteiger partial charge in [0.1, 0.15) is 5.75 Å². The van der Waals surface area contributed by atoms with Crippen LogP contribution in [0, 0.1) is 13.8 Å². The molecule has 0 bridgehead atoms. The molecule has 0 aliphatic carbocycles. The number of carbonyl (C=O) groups is 1. The summed E-state index contributed by atoms with van der Waals surface area (Å²) in [5, 5.41) is 0. The number of hydrogen-bond donors (Lipinski definition) is 1. The zero-order valence-corrected chi connectivity index (χ0v) is 12.3. The van der Waals surface area contributed by atoms with Gasteiger partial charge in [-0.25, -0.2) is 4.79 Å². The molecule has 0 saturated carbocycles. The van der Waals surface area contributed by atoms with E-state index >= 15 is 0 Å². The average Bonchev–Trinajstić information content (AvgIpc) is 2.31. The van der Waals surface area contributed by atoms with Gasteiger partial charge >= 0.3 is 5.97 Å². The third-order valence-electron chi connectivity index (χ3n) is 3.02. The quantitative estimate of drug-likeness (QED) is 0.503. The molecule has 102 valence electrons. The van der Waals surface area contributed by atoms with Crippen LogP contribution in [-0.2, 0) is 4.79 Å². The highest BCUT2D eigenvalue weighted by molar-refractivity contribution is 5.74. The topological polar surface area (TPSA) is 30.7 Å². The first kappa shape index (κ1) is 16.9. The van der Waals surface area contributed by atoms with Crippen LogP contribution in [0.3, 0.4) is 0 Å². The largest absolute Gasteiger partial charge is 1.00 e. The molecule has 0 heterocycles. The number of esters is 1. The van der Waals surface area contributed by atoms with Crippen molar-refractivity contribution in [3.05, 3.63) is 29.3 Å². The molecule has 0 amide bonds. The molecular weight excluding hydrogens is 250 g/mol. The highest BCUT2D eigenvalue weighted by Gasteiger charge is 2.14. The van der Waals surface area contributed by atoms with E-state index in [1.165, 1.54) is 4.90 Å². The molecule has 1 rings (SSSR count). The number of ether oxygens (including phenoxy) is 1. The number of carbonyl (C=O) groups excluding carboxylic acids is 1. The van der Waals surface area contributed by atoms with E-state index in [2.05, 4.69) is 13.8 Å². The molecule has 18 heavy (non-hydrogen) atoms. The van der Waals surface area contributed by atoms with Crippen LogP contribution in [0.15, 0.2) is 18.2 Å². The minimum atomic E-state index is -0.152. The summed E-state index contributed by atoms with van der Waals surface area (Å²) in [6, 6.07) is 5.89. The lowest BCUT2D eigenvalue weighted by molar-refractivity contribution is -0.888. The maximum Gasteiger partial charge on any atom is 0.367 e. The van der Waals surface area contributed by atoms with Crippen molar-refractivity contribution in [2.45, 2.75) is 27.7 Å². The molecule has 1 aromatic rings. The number of quaternary nitrogens is 1. The first-order valence-electron chi connectivity index (χ1n) is 6.18. The highest BCUT2D eigenvalue weighted by atomic mass is 35.5. The van der Waals surface area contributed by atoms with Crippen LogP contribution in [-0.4, -0.2) is 25.6 Å². The second kappa shape index (κ2) is 8.11. The molecule has 0 saturated heterocycles. The minimum absolute atomic E-state index is 0. The molecular formula is C14H22ClNO2. The lowest BCUT2D eigenvalue weighted by Gasteiger charge is -2.15. The Morgan fingerprint density at radius 3 is 2.11 bits per heavy atom. The van der Waals surface area contributed by atoms with Crippen molar-refractivity contribution in [2.75, 3.05) is 19.6 Å². The zero-order valence-electron chi connectivity index (χ0n) is 11.5. The number of halogens is 1. The van der Waals surface area contributed by atoms with E-state index in [1.807, 2.05) is 32.0 Å². The number of benzene rings is 1. The van der Waals surface area contributed by atoms with E-state index in [1.54, 1.807) is 0 Å². The molecule has 0 spiro atoms. The van der Waals surface area contributed by atoms with Gasteiger partial charge in [0.15, 0.2) is 6.54 Å². The van der Waals surface area contributed by atoms with E-state index in [0.29, 0.717) is 12.3 Å². The van der Waals surface area contributed by atoms with Crippen LogP contribution in [0.2, 0.25) is 0 Å². The Morgan fingerprint density at radius 1 is 1.17 bits per heavy atom. The molecule has 0 unspecified atom stereocenters. The van der Waals surface area contributed by atoms with E-state index in [0.717, 1.165) is 24.2 Å². The van der Waals surface area contributed by atoms with Gasteiger partial charge in [0.2, 0.25) is 0 Å². The highest BCUT2D eigenvalue weighted by Crippen LogP contribution is 2.22. The fourth-order valence-electron chi connectivity index (χ4n) is 1.81. The summed E-state index contributed by atoms with van der Waals surface area (Å²) in [7, 11) is 0. The van der Waals surface area contributed by atoms with Crippen LogP contribution < -0.4 is 22.0 Å². The van der Waals surface area contributed by atoms with Gasteiger partial charge < -0.3 is 22.0 Å². The molecule has 0 atom stereocenters. The number of nitrogens with one attached hydrogen (secondary N) is 1. The predicted octanol–water partition coefficient (Wildman–Crippen LogP) is -1.86. The fourth-order valence-corrected chi connectivity index (χ4v) is 1.81. The third-order valence-corrected chi connectivity index (χ3v) is 3.02. The summed E-state index contributed by atoms with van der Waals surface area (Å²) in [5.74, 6) is 0.560. The lowest BCUT2D eigenvalue weighted by atomic mass is 10.1. The van der Waals surface area contributed by atoms with Crippen molar-refractivity contribution >= 4 is 5.97 Å². The van der Waals surface area contributed by atoms with Gasteiger partial charge in [0, 0.05) is 0 Å². The van der Waals surface area contributed by atoms with Crippen molar-refractivity contribution < 1.29 is 26.8 Å². The molecule has 1 aromatic carbocycles. The number of para-hydroxylation sites is 1. The number of rotatable bonds is 5. The Hall–Kier alpha value is -1.06. The molecule has 0 fully saturated rings. The van der Waals surface area contributed by atoms with Gasteiger partial charge in [-0.15, -0.1) is 0 Å². The second-order valence-corrected chi connectivity index (χ2v) is 4.33. The van der Waals surface area contributed by atoms with Crippen molar-refractivity contribution in [3.63, 3.8) is 0 Å². The van der Waals surface area contributed by atoms with Gasteiger partial charge in [-0.1, -0.05) is 18.2 Å². The fraction of sp³-hybridized carbons (Fsp3) is 0.500. The van der Waals surface area contributed by atoms with Crippen molar-refractivity contribution in [1.82, 2.24) is 0 Å². The Morgan fingerprint density at radius 2 is 1.67 bits per heavy atom. The molecule has 1 N–H and O–H groups in total. The molecule has 0 aliphatic rings. The van der Waals surface area contributed by atoms with Crippen LogP contribution in [0.1, 0.15) is 25.0 Å². The Labute approximate surface area is 116 Å². The Balaban J connectivity index is 0.00000289.